The number of nitriles is 1. The summed E-state index contributed by atoms with van der Waals surface area (Å²) in [6.07, 6.45) is 5.73. The van der Waals surface area contributed by atoms with Crippen LogP contribution in [-0.2, 0) is 0 Å². The van der Waals surface area contributed by atoms with Gasteiger partial charge >= 0.3 is 0 Å². The molecule has 2 aromatic rings. The van der Waals surface area contributed by atoms with Gasteiger partial charge in [-0.2, -0.15) is 5.26 Å². The van der Waals surface area contributed by atoms with Crippen LogP contribution >= 0.6 is 0 Å². The zero-order valence-corrected chi connectivity index (χ0v) is 12.8. The third-order valence-electron chi connectivity index (χ3n) is 4.11. The molecular weight excluding hydrogens is 288 g/mol. The lowest BCUT2D eigenvalue weighted by Crippen LogP contribution is -2.38. The van der Waals surface area contributed by atoms with Gasteiger partial charge in [0, 0.05) is 24.8 Å². The summed E-state index contributed by atoms with van der Waals surface area (Å²) >= 11 is 0. The summed E-state index contributed by atoms with van der Waals surface area (Å²) in [4.78, 5) is 18.5. The van der Waals surface area contributed by atoms with Crippen molar-refractivity contribution in [2.75, 3.05) is 13.1 Å². The molecule has 0 bridgehead atoms. The summed E-state index contributed by atoms with van der Waals surface area (Å²) in [5.74, 6) is -0.200. The molecule has 5 heteroatoms. The third-order valence-corrected chi connectivity index (χ3v) is 4.11. The van der Waals surface area contributed by atoms with Gasteiger partial charge in [0.25, 0.3) is 5.91 Å². The van der Waals surface area contributed by atoms with Gasteiger partial charge in [-0.15, -0.1) is 0 Å². The van der Waals surface area contributed by atoms with Crippen molar-refractivity contribution in [3.63, 3.8) is 0 Å². The van der Waals surface area contributed by atoms with E-state index in [1.54, 1.807) is 11.1 Å². The molecule has 0 saturated carbocycles. The third kappa shape index (κ3) is 3.32. The van der Waals surface area contributed by atoms with E-state index in [1.165, 1.54) is 0 Å². The largest absolute Gasteiger partial charge is 0.349 e. The number of nitrogens with zero attached hydrogens (tertiary/aromatic N) is 3. The van der Waals surface area contributed by atoms with E-state index in [1.807, 2.05) is 42.5 Å². The minimum Gasteiger partial charge on any atom is -0.349 e. The molecule has 1 atom stereocenters. The Kier molecular flexibility index (Phi) is 4.53. The van der Waals surface area contributed by atoms with Crippen molar-refractivity contribution >= 4 is 5.91 Å². The summed E-state index contributed by atoms with van der Waals surface area (Å²) in [6.45, 7) is 1.24. The van der Waals surface area contributed by atoms with Crippen LogP contribution in [0.1, 0.15) is 23.3 Å². The van der Waals surface area contributed by atoms with Crippen molar-refractivity contribution in [2.24, 2.45) is 0 Å². The van der Waals surface area contributed by atoms with Crippen molar-refractivity contribution in [1.29, 1.82) is 5.26 Å². The van der Waals surface area contributed by atoms with Gasteiger partial charge in [-0.3, -0.25) is 9.78 Å². The topological polar surface area (TPSA) is 69.0 Å². The van der Waals surface area contributed by atoms with Crippen molar-refractivity contribution in [1.82, 2.24) is 15.2 Å². The molecule has 1 fully saturated rings. The quantitative estimate of drug-likeness (QED) is 0.881. The SMILES string of the molecule is N#CN1CCC[C@@H]1CNC(=O)c1ncccc1-c1ccccc1. The van der Waals surface area contributed by atoms with Crippen LogP contribution in [0.25, 0.3) is 11.1 Å². The summed E-state index contributed by atoms with van der Waals surface area (Å²) in [5, 5.41) is 12.0. The average molecular weight is 306 g/mol. The number of benzene rings is 1. The number of pyridine rings is 1. The van der Waals surface area contributed by atoms with Crippen LogP contribution in [0.2, 0.25) is 0 Å². The van der Waals surface area contributed by atoms with Gasteiger partial charge in [0.05, 0.1) is 6.04 Å². The lowest BCUT2D eigenvalue weighted by molar-refractivity contribution is 0.0941. The zero-order valence-electron chi connectivity index (χ0n) is 12.8. The van der Waals surface area contributed by atoms with E-state index in [-0.39, 0.29) is 11.9 Å². The van der Waals surface area contributed by atoms with Gasteiger partial charge in [0.15, 0.2) is 6.19 Å². The van der Waals surface area contributed by atoms with Gasteiger partial charge < -0.3 is 10.2 Å². The van der Waals surface area contributed by atoms with E-state index in [2.05, 4.69) is 16.5 Å². The highest BCUT2D eigenvalue weighted by Gasteiger charge is 2.24. The van der Waals surface area contributed by atoms with E-state index in [9.17, 15) is 4.79 Å². The Balaban J connectivity index is 1.74. The molecule has 3 rings (SSSR count). The summed E-state index contributed by atoms with van der Waals surface area (Å²) < 4.78 is 0. The maximum Gasteiger partial charge on any atom is 0.270 e. The summed E-state index contributed by atoms with van der Waals surface area (Å²) in [5.41, 5.74) is 2.19. The first kappa shape index (κ1) is 15.0. The van der Waals surface area contributed by atoms with Gasteiger partial charge in [-0.1, -0.05) is 36.4 Å². The van der Waals surface area contributed by atoms with Crippen molar-refractivity contribution in [2.45, 2.75) is 18.9 Å². The predicted octanol–water partition coefficient (Wildman–Crippen LogP) is 2.42. The molecule has 1 amide bonds. The Morgan fingerprint density at radius 3 is 2.91 bits per heavy atom. The lowest BCUT2D eigenvalue weighted by Gasteiger charge is -2.18. The van der Waals surface area contributed by atoms with Crippen molar-refractivity contribution in [3.8, 4) is 17.3 Å². The summed E-state index contributed by atoms with van der Waals surface area (Å²) in [7, 11) is 0. The average Bonchev–Trinajstić information content (AvgIpc) is 3.08. The van der Waals surface area contributed by atoms with E-state index >= 15 is 0 Å². The second kappa shape index (κ2) is 6.93. The second-order valence-corrected chi connectivity index (χ2v) is 5.57. The van der Waals surface area contributed by atoms with Crippen molar-refractivity contribution in [3.05, 3.63) is 54.4 Å². The molecule has 1 aliphatic heterocycles. The number of rotatable bonds is 4. The molecule has 2 heterocycles. The first-order valence-electron chi connectivity index (χ1n) is 7.74. The number of aromatic nitrogens is 1. The molecule has 1 aliphatic rings. The van der Waals surface area contributed by atoms with Crippen LogP contribution in [0.3, 0.4) is 0 Å². The molecule has 116 valence electrons. The monoisotopic (exact) mass is 306 g/mol. The molecule has 1 saturated heterocycles. The number of hydrogen-bond acceptors (Lipinski definition) is 4. The Bertz CT molecular complexity index is 723. The van der Waals surface area contributed by atoms with Crippen LogP contribution in [0.4, 0.5) is 0 Å². The number of likely N-dealkylation sites (tertiary alicyclic amines) is 1. The molecule has 5 nitrogen and oxygen atoms in total. The predicted molar refractivity (Wildman–Crippen MR) is 87.3 cm³/mol. The maximum absolute atomic E-state index is 12.5. The first-order chi connectivity index (χ1) is 11.3. The smallest absolute Gasteiger partial charge is 0.270 e. The van der Waals surface area contributed by atoms with Crippen molar-refractivity contribution < 1.29 is 4.79 Å². The Labute approximate surface area is 135 Å². The summed E-state index contributed by atoms with van der Waals surface area (Å²) in [6, 6.07) is 13.6. The molecule has 23 heavy (non-hydrogen) atoms. The molecule has 0 aliphatic carbocycles. The van der Waals surface area contributed by atoms with Crippen LogP contribution < -0.4 is 5.32 Å². The van der Waals surface area contributed by atoms with E-state index in [4.69, 9.17) is 5.26 Å². The van der Waals surface area contributed by atoms with Crippen LogP contribution in [0.5, 0.6) is 0 Å². The standard InChI is InChI=1S/C18H18N4O/c19-13-22-11-5-8-15(22)12-21-18(23)17-16(9-4-10-20-17)14-6-2-1-3-7-14/h1-4,6-7,9-10,15H,5,8,11-12H2,(H,21,23)/t15-/m1/s1. The molecular formula is C18H18N4O. The number of carbonyl (C=O) groups is 1. The number of carbonyl (C=O) groups excluding carboxylic acids is 1. The van der Waals surface area contributed by atoms with Crippen LogP contribution in [0, 0.1) is 11.5 Å². The van der Waals surface area contributed by atoms with Gasteiger partial charge in [-0.05, 0) is 24.5 Å². The number of hydrogen-bond donors (Lipinski definition) is 1. The van der Waals surface area contributed by atoms with Gasteiger partial charge in [-0.25, -0.2) is 0 Å². The Morgan fingerprint density at radius 1 is 1.30 bits per heavy atom. The first-order valence-corrected chi connectivity index (χ1v) is 7.74. The highest BCUT2D eigenvalue weighted by molar-refractivity contribution is 5.98. The maximum atomic E-state index is 12.5. The minimum absolute atomic E-state index is 0.0906. The Hall–Kier alpha value is -2.87. The zero-order chi connectivity index (χ0) is 16.1. The fraction of sp³-hybridized carbons (Fsp3) is 0.278. The number of nitrogens with one attached hydrogen (secondary N) is 1. The van der Waals surface area contributed by atoms with Crippen LogP contribution in [-0.4, -0.2) is 34.9 Å². The fourth-order valence-electron chi connectivity index (χ4n) is 2.91. The second-order valence-electron chi connectivity index (χ2n) is 5.57. The highest BCUT2D eigenvalue weighted by Crippen LogP contribution is 2.22. The highest BCUT2D eigenvalue weighted by atomic mass is 16.1. The molecule has 0 radical (unpaired) electrons. The van der Waals surface area contributed by atoms with E-state index in [0.717, 1.165) is 30.5 Å². The number of amides is 1. The van der Waals surface area contributed by atoms with E-state index in [0.29, 0.717) is 12.2 Å². The molecule has 1 aromatic carbocycles. The van der Waals surface area contributed by atoms with Gasteiger partial charge in [0.2, 0.25) is 0 Å². The van der Waals surface area contributed by atoms with Crippen LogP contribution in [0.15, 0.2) is 48.7 Å². The normalized spacial score (nSPS) is 16.8. The molecule has 0 unspecified atom stereocenters. The molecule has 1 N–H and O–H groups in total. The lowest BCUT2D eigenvalue weighted by atomic mass is 10.0. The molecule has 0 spiro atoms. The van der Waals surface area contributed by atoms with E-state index < -0.39 is 0 Å². The Morgan fingerprint density at radius 2 is 2.13 bits per heavy atom. The minimum atomic E-state index is -0.200. The van der Waals surface area contributed by atoms with Gasteiger partial charge in [0.1, 0.15) is 5.69 Å². The fourth-order valence-corrected chi connectivity index (χ4v) is 2.91. The molecule has 1 aromatic heterocycles.